The highest BCUT2D eigenvalue weighted by molar-refractivity contribution is 5.80. The van der Waals surface area contributed by atoms with Gasteiger partial charge in [-0.25, -0.2) is 4.99 Å². The van der Waals surface area contributed by atoms with Crippen LogP contribution in [-0.4, -0.2) is 72.8 Å². The van der Waals surface area contributed by atoms with Crippen LogP contribution in [0.15, 0.2) is 17.1 Å². The van der Waals surface area contributed by atoms with Crippen molar-refractivity contribution >= 4 is 5.96 Å². The molecule has 0 saturated carbocycles. The van der Waals surface area contributed by atoms with E-state index in [2.05, 4.69) is 28.1 Å². The van der Waals surface area contributed by atoms with Crippen molar-refractivity contribution < 1.29 is 9.84 Å². The van der Waals surface area contributed by atoms with Gasteiger partial charge >= 0.3 is 0 Å². The fourth-order valence-corrected chi connectivity index (χ4v) is 4.82. The Morgan fingerprint density at radius 2 is 2.04 bits per heavy atom. The molecule has 2 heterocycles. The number of phenols is 1. The second-order valence-corrected chi connectivity index (χ2v) is 8.12. The number of hydrogen-bond donors (Lipinski definition) is 2. The lowest BCUT2D eigenvalue weighted by Gasteiger charge is -2.32. The van der Waals surface area contributed by atoms with Gasteiger partial charge in [0.2, 0.25) is 0 Å². The average molecular weight is 387 g/mol. The summed E-state index contributed by atoms with van der Waals surface area (Å²) in [6.45, 7) is 9.36. The van der Waals surface area contributed by atoms with Gasteiger partial charge in [0.15, 0.2) is 5.96 Å². The summed E-state index contributed by atoms with van der Waals surface area (Å²) in [6, 6.07) is 4.53. The van der Waals surface area contributed by atoms with Crippen molar-refractivity contribution in [3.63, 3.8) is 0 Å². The van der Waals surface area contributed by atoms with Gasteiger partial charge < -0.3 is 20.1 Å². The van der Waals surface area contributed by atoms with Gasteiger partial charge in [0.1, 0.15) is 5.75 Å². The van der Waals surface area contributed by atoms with Crippen molar-refractivity contribution in [2.24, 2.45) is 4.99 Å². The summed E-state index contributed by atoms with van der Waals surface area (Å²) in [5, 5.41) is 13.9. The van der Waals surface area contributed by atoms with Gasteiger partial charge in [-0.1, -0.05) is 6.07 Å². The van der Waals surface area contributed by atoms with Gasteiger partial charge in [0.25, 0.3) is 0 Å². The summed E-state index contributed by atoms with van der Waals surface area (Å²) in [5.41, 5.74) is 3.75. The molecule has 6 heteroatoms. The van der Waals surface area contributed by atoms with Crippen LogP contribution in [0, 0.1) is 0 Å². The molecule has 1 aromatic carbocycles. The third kappa shape index (κ3) is 4.28. The van der Waals surface area contributed by atoms with E-state index < -0.39 is 0 Å². The number of aromatic hydroxyl groups is 1. The second-order valence-electron chi connectivity index (χ2n) is 8.12. The number of nitrogens with one attached hydrogen (secondary N) is 1. The number of nitrogens with zero attached hydrogens (tertiary/aromatic N) is 3. The SMILES string of the molecule is CCNC(=NCc1c(O)ccc2c1CCCC2)N1CCC(N2CCOCC2)C1. The number of fused-ring (bicyclic) bond motifs is 1. The lowest BCUT2D eigenvalue weighted by molar-refractivity contribution is 0.0195. The number of aliphatic imine (C=N–C) groups is 1. The number of phenolic OH excluding ortho intramolecular Hbond substituents is 1. The first-order valence-electron chi connectivity index (χ1n) is 10.9. The Labute approximate surface area is 168 Å². The minimum atomic E-state index is 0.396. The molecule has 0 amide bonds. The first-order valence-corrected chi connectivity index (χ1v) is 10.9. The first kappa shape index (κ1) is 19.5. The number of ether oxygens (including phenoxy) is 1. The molecule has 0 spiro atoms. The number of hydrogen-bond acceptors (Lipinski definition) is 4. The fourth-order valence-electron chi connectivity index (χ4n) is 4.82. The predicted molar refractivity (Wildman–Crippen MR) is 112 cm³/mol. The van der Waals surface area contributed by atoms with E-state index in [0.29, 0.717) is 18.3 Å². The molecule has 6 nitrogen and oxygen atoms in total. The third-order valence-electron chi connectivity index (χ3n) is 6.37. The van der Waals surface area contributed by atoms with Crippen LogP contribution in [0.25, 0.3) is 0 Å². The molecular weight excluding hydrogens is 352 g/mol. The molecule has 154 valence electrons. The predicted octanol–water partition coefficient (Wildman–Crippen LogP) is 2.14. The third-order valence-corrected chi connectivity index (χ3v) is 6.37. The van der Waals surface area contributed by atoms with E-state index in [9.17, 15) is 5.11 Å². The molecule has 1 aromatic rings. The maximum atomic E-state index is 10.5. The van der Waals surface area contributed by atoms with E-state index in [-0.39, 0.29) is 0 Å². The maximum absolute atomic E-state index is 10.5. The number of benzene rings is 1. The molecule has 1 unspecified atom stereocenters. The molecule has 1 atom stereocenters. The molecule has 2 saturated heterocycles. The minimum Gasteiger partial charge on any atom is -0.508 e. The van der Waals surface area contributed by atoms with E-state index in [1.165, 1.54) is 30.4 Å². The Morgan fingerprint density at radius 3 is 2.86 bits per heavy atom. The Morgan fingerprint density at radius 1 is 1.21 bits per heavy atom. The molecular formula is C22H34N4O2. The van der Waals surface area contributed by atoms with Crippen LogP contribution in [0.5, 0.6) is 5.75 Å². The Balaban J connectivity index is 1.47. The van der Waals surface area contributed by atoms with Crippen LogP contribution >= 0.6 is 0 Å². The summed E-state index contributed by atoms with van der Waals surface area (Å²) < 4.78 is 5.50. The van der Waals surface area contributed by atoms with Crippen molar-refractivity contribution in [1.29, 1.82) is 0 Å². The van der Waals surface area contributed by atoms with E-state index in [4.69, 9.17) is 9.73 Å². The van der Waals surface area contributed by atoms with Crippen molar-refractivity contribution in [1.82, 2.24) is 15.1 Å². The van der Waals surface area contributed by atoms with Crippen LogP contribution in [0.3, 0.4) is 0 Å². The van der Waals surface area contributed by atoms with Crippen LogP contribution in [-0.2, 0) is 24.1 Å². The molecule has 28 heavy (non-hydrogen) atoms. The second kappa shape index (κ2) is 9.14. The summed E-state index contributed by atoms with van der Waals surface area (Å²) >= 11 is 0. The molecule has 2 N–H and O–H groups in total. The summed E-state index contributed by atoms with van der Waals surface area (Å²) in [4.78, 5) is 9.89. The highest BCUT2D eigenvalue weighted by atomic mass is 16.5. The van der Waals surface area contributed by atoms with Gasteiger partial charge in [-0.3, -0.25) is 4.90 Å². The fraction of sp³-hybridized carbons (Fsp3) is 0.682. The molecule has 0 bridgehead atoms. The van der Waals surface area contributed by atoms with Crippen LogP contribution in [0.1, 0.15) is 42.9 Å². The maximum Gasteiger partial charge on any atom is 0.194 e. The van der Waals surface area contributed by atoms with Gasteiger partial charge in [0, 0.05) is 44.3 Å². The quantitative estimate of drug-likeness (QED) is 0.613. The van der Waals surface area contributed by atoms with Gasteiger partial charge in [-0.2, -0.15) is 0 Å². The van der Waals surface area contributed by atoms with Gasteiger partial charge in [0.05, 0.1) is 19.8 Å². The topological polar surface area (TPSA) is 60.3 Å². The molecule has 2 aliphatic heterocycles. The zero-order valence-corrected chi connectivity index (χ0v) is 17.1. The van der Waals surface area contributed by atoms with Crippen molar-refractivity contribution in [2.45, 2.75) is 51.6 Å². The standard InChI is InChI=1S/C22H34N4O2/c1-2-23-22(26-10-9-18(16-26)25-11-13-28-14-12-25)24-15-20-19-6-4-3-5-17(19)7-8-21(20)27/h7-8,18,27H,2-6,9-16H2,1H3,(H,23,24). The summed E-state index contributed by atoms with van der Waals surface area (Å²) in [5.74, 6) is 1.37. The summed E-state index contributed by atoms with van der Waals surface area (Å²) in [7, 11) is 0. The zero-order chi connectivity index (χ0) is 19.3. The van der Waals surface area contributed by atoms with Crippen LogP contribution < -0.4 is 5.32 Å². The van der Waals surface area contributed by atoms with Crippen LogP contribution in [0.2, 0.25) is 0 Å². The molecule has 1 aliphatic carbocycles. The van der Waals surface area contributed by atoms with Crippen molar-refractivity contribution in [3.8, 4) is 5.75 Å². The largest absolute Gasteiger partial charge is 0.508 e. The van der Waals surface area contributed by atoms with E-state index in [0.717, 1.165) is 70.3 Å². The normalized spacial score (nSPS) is 23.7. The Kier molecular flexibility index (Phi) is 6.37. The monoisotopic (exact) mass is 386 g/mol. The van der Waals surface area contributed by atoms with E-state index in [1.807, 2.05) is 6.07 Å². The molecule has 4 rings (SSSR count). The minimum absolute atomic E-state index is 0.396. The van der Waals surface area contributed by atoms with Crippen molar-refractivity contribution in [3.05, 3.63) is 28.8 Å². The highest BCUT2D eigenvalue weighted by Gasteiger charge is 2.30. The number of morpholine rings is 1. The molecule has 3 aliphatic rings. The number of likely N-dealkylation sites (tertiary alicyclic amines) is 1. The van der Waals surface area contributed by atoms with Crippen molar-refractivity contribution in [2.75, 3.05) is 45.9 Å². The van der Waals surface area contributed by atoms with E-state index in [1.54, 1.807) is 0 Å². The zero-order valence-electron chi connectivity index (χ0n) is 17.1. The molecule has 0 aromatic heterocycles. The van der Waals surface area contributed by atoms with E-state index >= 15 is 0 Å². The van der Waals surface area contributed by atoms with Gasteiger partial charge in [-0.15, -0.1) is 0 Å². The highest BCUT2D eigenvalue weighted by Crippen LogP contribution is 2.31. The Hall–Kier alpha value is -1.79. The number of guanidine groups is 1. The Bertz CT molecular complexity index is 700. The molecule has 2 fully saturated rings. The van der Waals surface area contributed by atoms with Gasteiger partial charge in [-0.05, 0) is 56.2 Å². The molecule has 0 radical (unpaired) electrons. The number of aryl methyl sites for hydroxylation is 1. The smallest absolute Gasteiger partial charge is 0.194 e. The number of rotatable bonds is 4. The average Bonchev–Trinajstić information content (AvgIpc) is 3.23. The first-order chi connectivity index (χ1) is 13.8. The summed E-state index contributed by atoms with van der Waals surface area (Å²) in [6.07, 6.45) is 5.82. The lowest BCUT2D eigenvalue weighted by Crippen LogP contribution is -2.46. The van der Waals surface area contributed by atoms with Crippen LogP contribution in [0.4, 0.5) is 0 Å². The lowest BCUT2D eigenvalue weighted by atomic mass is 9.88.